The number of hydrogen-bond donors (Lipinski definition) is 1. The molecule has 0 spiro atoms. The van der Waals surface area contributed by atoms with Gasteiger partial charge >= 0.3 is 5.88 Å². The van der Waals surface area contributed by atoms with Crippen LogP contribution in [0.4, 0.5) is 15.4 Å². The lowest BCUT2D eigenvalue weighted by molar-refractivity contribution is -0.402. The third-order valence-electron chi connectivity index (χ3n) is 4.71. The lowest BCUT2D eigenvalue weighted by Crippen LogP contribution is -2.48. The van der Waals surface area contributed by atoms with Crippen molar-refractivity contribution in [2.45, 2.75) is 0 Å². The monoisotopic (exact) mass is 419 g/mol. The first-order valence-electron chi connectivity index (χ1n) is 9.06. The number of amides is 1. The minimum Gasteiger partial charge on any atom is -0.395 e. The van der Waals surface area contributed by atoms with Gasteiger partial charge in [0.2, 0.25) is 0 Å². The lowest BCUT2D eigenvalue weighted by Gasteiger charge is -2.34. The van der Waals surface area contributed by atoms with Gasteiger partial charge in [-0.05, 0) is 18.2 Å². The average Bonchev–Trinajstić information content (AvgIpc) is 3.37. The quantitative estimate of drug-likeness (QED) is 0.483. The molecule has 3 heterocycles. The summed E-state index contributed by atoms with van der Waals surface area (Å²) in [5, 5.41) is 14.1. The first-order chi connectivity index (χ1) is 14.0. The zero-order valence-electron chi connectivity index (χ0n) is 15.3. The maximum absolute atomic E-state index is 13.8. The standard InChI is InChI=1S/C18H18FN5O4S/c19-12-2-1-3-14-16(12)21-18(29-14)23-10-8-22(9-11-23)7-6-20-17(25)13-4-5-15(28-13)24(26)27/h1-5H,6-11H2,(H,20,25). The van der Waals surface area contributed by atoms with Crippen molar-refractivity contribution >= 4 is 38.5 Å². The number of fused-ring (bicyclic) bond motifs is 1. The molecule has 0 aliphatic carbocycles. The van der Waals surface area contributed by atoms with Crippen LogP contribution in [0.2, 0.25) is 0 Å². The van der Waals surface area contributed by atoms with Crippen molar-refractivity contribution < 1.29 is 18.5 Å². The molecule has 29 heavy (non-hydrogen) atoms. The summed E-state index contributed by atoms with van der Waals surface area (Å²) in [6, 6.07) is 7.41. The van der Waals surface area contributed by atoms with Crippen molar-refractivity contribution in [2.24, 2.45) is 0 Å². The predicted octanol–water partition coefficient (Wildman–Crippen LogP) is 2.49. The molecule has 1 fully saturated rings. The number of halogens is 1. The predicted molar refractivity (Wildman–Crippen MR) is 106 cm³/mol. The second-order valence-electron chi connectivity index (χ2n) is 6.56. The zero-order chi connectivity index (χ0) is 20.4. The second-order valence-corrected chi connectivity index (χ2v) is 7.57. The summed E-state index contributed by atoms with van der Waals surface area (Å²) < 4.78 is 19.6. The highest BCUT2D eigenvalue weighted by Crippen LogP contribution is 2.30. The van der Waals surface area contributed by atoms with Gasteiger partial charge in [0.25, 0.3) is 5.91 Å². The number of aromatic nitrogens is 1. The molecular weight excluding hydrogens is 401 g/mol. The summed E-state index contributed by atoms with van der Waals surface area (Å²) in [5.41, 5.74) is 0.413. The van der Waals surface area contributed by atoms with Crippen LogP contribution in [0, 0.1) is 15.9 Å². The topological polar surface area (TPSA) is 105 Å². The van der Waals surface area contributed by atoms with Crippen LogP contribution >= 0.6 is 11.3 Å². The Morgan fingerprint density at radius 2 is 2.07 bits per heavy atom. The summed E-state index contributed by atoms with van der Waals surface area (Å²) in [6.45, 7) is 4.16. The van der Waals surface area contributed by atoms with Gasteiger partial charge in [0.15, 0.2) is 10.9 Å². The summed E-state index contributed by atoms with van der Waals surface area (Å²) in [6.07, 6.45) is 0. The van der Waals surface area contributed by atoms with E-state index in [0.29, 0.717) is 18.6 Å². The Kier molecular flexibility index (Phi) is 5.41. The van der Waals surface area contributed by atoms with Gasteiger partial charge < -0.3 is 14.6 Å². The number of piperazine rings is 1. The van der Waals surface area contributed by atoms with Gasteiger partial charge in [0.05, 0.1) is 10.8 Å². The van der Waals surface area contributed by atoms with E-state index < -0.39 is 16.7 Å². The first-order valence-corrected chi connectivity index (χ1v) is 9.88. The van der Waals surface area contributed by atoms with Crippen molar-refractivity contribution in [2.75, 3.05) is 44.2 Å². The van der Waals surface area contributed by atoms with Crippen LogP contribution in [0.1, 0.15) is 10.6 Å². The van der Waals surface area contributed by atoms with Crippen molar-refractivity contribution in [1.82, 2.24) is 15.2 Å². The fourth-order valence-corrected chi connectivity index (χ4v) is 4.20. The fourth-order valence-electron chi connectivity index (χ4n) is 3.16. The number of hydrogen-bond acceptors (Lipinski definition) is 8. The van der Waals surface area contributed by atoms with Gasteiger partial charge in [-0.1, -0.05) is 17.4 Å². The van der Waals surface area contributed by atoms with E-state index in [9.17, 15) is 19.3 Å². The Balaban J connectivity index is 1.25. The largest absolute Gasteiger partial charge is 0.433 e. The molecule has 1 amide bonds. The lowest BCUT2D eigenvalue weighted by atomic mass is 10.3. The van der Waals surface area contributed by atoms with Gasteiger partial charge in [-0.25, -0.2) is 9.37 Å². The first kappa shape index (κ1) is 19.3. The highest BCUT2D eigenvalue weighted by molar-refractivity contribution is 7.22. The number of benzene rings is 1. The van der Waals surface area contributed by atoms with Gasteiger partial charge in [0.1, 0.15) is 16.3 Å². The normalized spacial score (nSPS) is 15.0. The maximum Gasteiger partial charge on any atom is 0.433 e. The van der Waals surface area contributed by atoms with E-state index in [1.165, 1.54) is 23.5 Å². The number of carbonyl (C=O) groups is 1. The van der Waals surface area contributed by atoms with Crippen LogP contribution in [-0.2, 0) is 0 Å². The van der Waals surface area contributed by atoms with Crippen LogP contribution in [0.3, 0.4) is 0 Å². The maximum atomic E-state index is 13.8. The molecular formula is C18H18FN5O4S. The van der Waals surface area contributed by atoms with Crippen molar-refractivity contribution in [3.05, 3.63) is 52.0 Å². The molecule has 0 atom stereocenters. The molecule has 4 rings (SSSR count). The Hall–Kier alpha value is -3.05. The number of nitrogens with zero attached hydrogens (tertiary/aromatic N) is 4. The van der Waals surface area contributed by atoms with Crippen LogP contribution in [-0.4, -0.2) is 60.0 Å². The number of rotatable bonds is 6. The summed E-state index contributed by atoms with van der Waals surface area (Å²) >= 11 is 1.48. The number of thiazole rings is 1. The Morgan fingerprint density at radius 1 is 1.28 bits per heavy atom. The number of nitro groups is 1. The molecule has 0 radical (unpaired) electrons. The molecule has 152 valence electrons. The molecule has 0 bridgehead atoms. The van der Waals surface area contributed by atoms with E-state index in [0.717, 1.165) is 42.1 Å². The number of anilines is 1. The molecule has 11 heteroatoms. The van der Waals surface area contributed by atoms with Gasteiger partial charge in [-0.15, -0.1) is 0 Å². The highest BCUT2D eigenvalue weighted by atomic mass is 32.1. The highest BCUT2D eigenvalue weighted by Gasteiger charge is 2.21. The van der Waals surface area contributed by atoms with Crippen molar-refractivity contribution in [1.29, 1.82) is 0 Å². The smallest absolute Gasteiger partial charge is 0.395 e. The molecule has 0 unspecified atom stereocenters. The number of nitrogens with one attached hydrogen (secondary N) is 1. The molecule has 1 aliphatic heterocycles. The second kappa shape index (κ2) is 8.13. The molecule has 1 saturated heterocycles. The zero-order valence-corrected chi connectivity index (χ0v) is 16.2. The third kappa shape index (κ3) is 4.20. The molecule has 1 aromatic carbocycles. The Labute approximate surface area is 168 Å². The molecule has 0 saturated carbocycles. The molecule has 1 aliphatic rings. The van der Waals surface area contributed by atoms with Crippen LogP contribution in [0.25, 0.3) is 10.2 Å². The number of furan rings is 1. The van der Waals surface area contributed by atoms with Crippen LogP contribution < -0.4 is 10.2 Å². The minimum absolute atomic E-state index is 0.0791. The minimum atomic E-state index is -0.684. The van der Waals surface area contributed by atoms with Crippen molar-refractivity contribution in [3.63, 3.8) is 0 Å². The number of para-hydroxylation sites is 1. The Bertz CT molecular complexity index is 1040. The third-order valence-corrected chi connectivity index (χ3v) is 5.79. The average molecular weight is 419 g/mol. The molecule has 1 N–H and O–H groups in total. The Morgan fingerprint density at radius 3 is 2.76 bits per heavy atom. The van der Waals surface area contributed by atoms with E-state index in [4.69, 9.17) is 4.42 Å². The van der Waals surface area contributed by atoms with E-state index in [2.05, 4.69) is 20.1 Å². The van der Waals surface area contributed by atoms with Gasteiger partial charge in [0, 0.05) is 39.3 Å². The van der Waals surface area contributed by atoms with E-state index in [1.54, 1.807) is 6.07 Å². The summed E-state index contributed by atoms with van der Waals surface area (Å²) in [7, 11) is 0. The van der Waals surface area contributed by atoms with E-state index in [1.807, 2.05) is 6.07 Å². The van der Waals surface area contributed by atoms with Crippen LogP contribution in [0.15, 0.2) is 34.7 Å². The van der Waals surface area contributed by atoms with Gasteiger partial charge in [-0.3, -0.25) is 19.8 Å². The number of carbonyl (C=O) groups excluding carboxylic acids is 1. The summed E-state index contributed by atoms with van der Waals surface area (Å²) in [4.78, 5) is 30.7. The van der Waals surface area contributed by atoms with Crippen LogP contribution in [0.5, 0.6) is 0 Å². The summed E-state index contributed by atoms with van der Waals surface area (Å²) in [5.74, 6) is -1.32. The fraction of sp³-hybridized carbons (Fsp3) is 0.333. The van der Waals surface area contributed by atoms with E-state index in [-0.39, 0.29) is 11.6 Å². The molecule has 9 nitrogen and oxygen atoms in total. The molecule has 3 aromatic rings. The van der Waals surface area contributed by atoms with E-state index >= 15 is 0 Å². The van der Waals surface area contributed by atoms with Crippen molar-refractivity contribution in [3.8, 4) is 0 Å². The van der Waals surface area contributed by atoms with Gasteiger partial charge in [-0.2, -0.15) is 0 Å². The molecule has 2 aromatic heterocycles. The SMILES string of the molecule is O=C(NCCN1CCN(c2nc3c(F)cccc3s2)CC1)c1ccc([N+](=O)[O-])o1.